The fraction of sp³-hybridized carbons (Fsp3) is 0.889. The zero-order valence-corrected chi connectivity index (χ0v) is 14.6. The third kappa shape index (κ3) is 5.98. The normalized spacial score (nSPS) is 24.4. The molecule has 0 aromatic heterocycles. The highest BCUT2D eigenvalue weighted by molar-refractivity contribution is 5.82. The van der Waals surface area contributed by atoms with E-state index < -0.39 is 0 Å². The number of carbonyl (C=O) groups excluding carboxylic acids is 2. The summed E-state index contributed by atoms with van der Waals surface area (Å²) in [7, 11) is 0. The van der Waals surface area contributed by atoms with Gasteiger partial charge in [-0.15, -0.1) is 0 Å². The number of esters is 2. The van der Waals surface area contributed by atoms with E-state index in [-0.39, 0.29) is 23.8 Å². The van der Waals surface area contributed by atoms with Crippen LogP contribution in [-0.2, 0) is 19.1 Å². The van der Waals surface area contributed by atoms with E-state index in [4.69, 9.17) is 9.47 Å². The van der Waals surface area contributed by atoms with E-state index in [1.54, 1.807) is 0 Å². The zero-order chi connectivity index (χ0) is 16.5. The molecule has 1 fully saturated rings. The van der Waals surface area contributed by atoms with E-state index in [1.807, 2.05) is 0 Å². The van der Waals surface area contributed by atoms with Gasteiger partial charge in [-0.1, -0.05) is 53.4 Å². The minimum Gasteiger partial charge on any atom is -0.465 e. The standard InChI is InChI=1S/C18H32O4/c1-5-13(3)11-21-17(19)15-9-7-8-10-16(15)18(20)22-12-14(4)6-2/h13-16H,5-12H2,1-4H3. The fourth-order valence-electron chi connectivity index (χ4n) is 2.59. The van der Waals surface area contributed by atoms with Gasteiger partial charge in [0, 0.05) is 0 Å². The van der Waals surface area contributed by atoms with Gasteiger partial charge in [-0.25, -0.2) is 0 Å². The van der Waals surface area contributed by atoms with Crippen molar-refractivity contribution in [3.8, 4) is 0 Å². The average Bonchev–Trinajstić information content (AvgIpc) is 2.56. The third-order valence-electron chi connectivity index (χ3n) is 4.79. The quantitative estimate of drug-likeness (QED) is 0.636. The lowest BCUT2D eigenvalue weighted by Crippen LogP contribution is -2.36. The summed E-state index contributed by atoms with van der Waals surface area (Å²) in [5, 5.41) is 0. The van der Waals surface area contributed by atoms with Crippen molar-refractivity contribution >= 4 is 11.9 Å². The molecule has 0 amide bonds. The molecule has 1 saturated carbocycles. The molecule has 0 N–H and O–H groups in total. The molecule has 1 aliphatic rings. The van der Waals surface area contributed by atoms with Crippen LogP contribution in [0.4, 0.5) is 0 Å². The van der Waals surface area contributed by atoms with Crippen LogP contribution in [-0.4, -0.2) is 25.2 Å². The van der Waals surface area contributed by atoms with Crippen LogP contribution in [0.2, 0.25) is 0 Å². The lowest BCUT2D eigenvalue weighted by molar-refractivity contribution is -0.164. The Hall–Kier alpha value is -1.06. The first kappa shape index (κ1) is 19.0. The summed E-state index contributed by atoms with van der Waals surface area (Å²) in [5.74, 6) is -0.341. The number of ether oxygens (including phenoxy) is 2. The Balaban J connectivity index is 2.54. The van der Waals surface area contributed by atoms with E-state index in [9.17, 15) is 9.59 Å². The van der Waals surface area contributed by atoms with Gasteiger partial charge < -0.3 is 9.47 Å². The minimum atomic E-state index is -0.317. The van der Waals surface area contributed by atoms with E-state index in [1.165, 1.54) is 0 Å². The largest absolute Gasteiger partial charge is 0.465 e. The minimum absolute atomic E-state index is 0.217. The Bertz CT molecular complexity index is 319. The molecule has 0 aromatic rings. The van der Waals surface area contributed by atoms with Gasteiger partial charge in [0.1, 0.15) is 0 Å². The highest BCUT2D eigenvalue weighted by Crippen LogP contribution is 2.32. The van der Waals surface area contributed by atoms with E-state index in [0.29, 0.717) is 25.0 Å². The van der Waals surface area contributed by atoms with Crippen LogP contribution in [0.25, 0.3) is 0 Å². The highest BCUT2D eigenvalue weighted by Gasteiger charge is 2.38. The summed E-state index contributed by atoms with van der Waals surface area (Å²) in [4.78, 5) is 24.6. The van der Waals surface area contributed by atoms with Crippen molar-refractivity contribution in [3.63, 3.8) is 0 Å². The van der Waals surface area contributed by atoms with Gasteiger partial charge >= 0.3 is 11.9 Å². The lowest BCUT2D eigenvalue weighted by atomic mass is 9.79. The number of carbonyl (C=O) groups is 2. The van der Waals surface area contributed by atoms with Crippen LogP contribution in [0.5, 0.6) is 0 Å². The van der Waals surface area contributed by atoms with Crippen LogP contribution in [0.3, 0.4) is 0 Å². The maximum atomic E-state index is 12.3. The second-order valence-corrected chi connectivity index (χ2v) is 6.78. The molecule has 4 heteroatoms. The molecule has 1 rings (SSSR count). The van der Waals surface area contributed by atoms with Crippen molar-refractivity contribution in [1.82, 2.24) is 0 Å². The average molecular weight is 312 g/mol. The highest BCUT2D eigenvalue weighted by atomic mass is 16.5. The molecule has 1 aliphatic carbocycles. The molecule has 0 bridgehead atoms. The van der Waals surface area contributed by atoms with Gasteiger partial charge in [-0.3, -0.25) is 9.59 Å². The topological polar surface area (TPSA) is 52.6 Å². The number of rotatable bonds is 8. The van der Waals surface area contributed by atoms with Crippen molar-refractivity contribution in [2.75, 3.05) is 13.2 Å². The smallest absolute Gasteiger partial charge is 0.309 e. The molecule has 0 aromatic carbocycles. The van der Waals surface area contributed by atoms with Gasteiger partial charge in [-0.2, -0.15) is 0 Å². The molecule has 0 aliphatic heterocycles. The van der Waals surface area contributed by atoms with Gasteiger partial charge in [0.2, 0.25) is 0 Å². The molecule has 0 saturated heterocycles. The molecule has 0 radical (unpaired) electrons. The monoisotopic (exact) mass is 312 g/mol. The summed E-state index contributed by atoms with van der Waals surface area (Å²) < 4.78 is 10.8. The van der Waals surface area contributed by atoms with Gasteiger partial charge in [0.15, 0.2) is 0 Å². The van der Waals surface area contributed by atoms with Gasteiger partial charge in [-0.05, 0) is 24.7 Å². The van der Waals surface area contributed by atoms with Gasteiger partial charge in [0.05, 0.1) is 25.0 Å². The van der Waals surface area contributed by atoms with Gasteiger partial charge in [0.25, 0.3) is 0 Å². The fourth-order valence-corrected chi connectivity index (χ4v) is 2.59. The SMILES string of the molecule is CCC(C)COC(=O)C1CCCCC1C(=O)OCC(C)CC. The molecule has 128 valence electrons. The Labute approximate surface area is 134 Å². The van der Waals surface area contributed by atoms with Crippen LogP contribution < -0.4 is 0 Å². The predicted octanol–water partition coefficient (Wildman–Crippen LogP) is 3.97. The van der Waals surface area contributed by atoms with Crippen molar-refractivity contribution in [2.24, 2.45) is 23.7 Å². The second kappa shape index (κ2) is 9.86. The molecular formula is C18H32O4. The third-order valence-corrected chi connectivity index (χ3v) is 4.79. The maximum Gasteiger partial charge on any atom is 0.309 e. The summed E-state index contributed by atoms with van der Waals surface area (Å²) in [6, 6.07) is 0. The Kier molecular flexibility index (Phi) is 8.51. The summed E-state index contributed by atoms with van der Waals surface area (Å²) in [6.45, 7) is 9.17. The van der Waals surface area contributed by atoms with Crippen molar-refractivity contribution < 1.29 is 19.1 Å². The molecule has 4 unspecified atom stereocenters. The van der Waals surface area contributed by atoms with Crippen LogP contribution in [0, 0.1) is 23.7 Å². The van der Waals surface area contributed by atoms with E-state index >= 15 is 0 Å². The first-order valence-electron chi connectivity index (χ1n) is 8.82. The Morgan fingerprint density at radius 3 is 1.55 bits per heavy atom. The molecule has 22 heavy (non-hydrogen) atoms. The molecular weight excluding hydrogens is 280 g/mol. The van der Waals surface area contributed by atoms with Crippen molar-refractivity contribution in [3.05, 3.63) is 0 Å². The van der Waals surface area contributed by atoms with E-state index in [2.05, 4.69) is 27.7 Å². The first-order valence-corrected chi connectivity index (χ1v) is 8.82. The summed E-state index contributed by atoms with van der Waals surface area (Å²) in [6.07, 6.45) is 5.41. The molecule has 4 nitrogen and oxygen atoms in total. The number of hydrogen-bond donors (Lipinski definition) is 0. The molecule has 0 spiro atoms. The zero-order valence-electron chi connectivity index (χ0n) is 14.6. The van der Waals surface area contributed by atoms with Crippen LogP contribution >= 0.6 is 0 Å². The summed E-state index contributed by atoms with van der Waals surface area (Å²) >= 11 is 0. The molecule has 4 atom stereocenters. The molecule has 0 heterocycles. The summed E-state index contributed by atoms with van der Waals surface area (Å²) in [5.41, 5.74) is 0. The van der Waals surface area contributed by atoms with Crippen LogP contribution in [0.15, 0.2) is 0 Å². The second-order valence-electron chi connectivity index (χ2n) is 6.78. The van der Waals surface area contributed by atoms with Crippen LogP contribution in [0.1, 0.15) is 66.2 Å². The lowest BCUT2D eigenvalue weighted by Gasteiger charge is -2.29. The first-order chi connectivity index (χ1) is 10.5. The Morgan fingerprint density at radius 1 is 0.864 bits per heavy atom. The van der Waals surface area contributed by atoms with E-state index in [0.717, 1.165) is 38.5 Å². The Morgan fingerprint density at radius 2 is 1.23 bits per heavy atom. The van der Waals surface area contributed by atoms with Crippen molar-refractivity contribution in [1.29, 1.82) is 0 Å². The number of hydrogen-bond acceptors (Lipinski definition) is 4. The van der Waals surface area contributed by atoms with Crippen molar-refractivity contribution in [2.45, 2.75) is 66.2 Å². The predicted molar refractivity (Wildman–Crippen MR) is 86.3 cm³/mol. The maximum absolute atomic E-state index is 12.3.